The van der Waals surface area contributed by atoms with E-state index in [0.717, 1.165) is 17.6 Å². The summed E-state index contributed by atoms with van der Waals surface area (Å²) in [5.41, 5.74) is 4.83. The minimum atomic E-state index is -0.260. The number of anilines is 1. The smallest absolute Gasteiger partial charge is 0.272 e. The Morgan fingerprint density at radius 1 is 1.24 bits per heavy atom. The molecule has 0 atom stereocenters. The van der Waals surface area contributed by atoms with Gasteiger partial charge in [-0.1, -0.05) is 17.7 Å². The molecule has 0 radical (unpaired) electrons. The molecule has 1 aromatic carbocycles. The summed E-state index contributed by atoms with van der Waals surface area (Å²) >= 11 is 0. The Labute approximate surface area is 148 Å². The lowest BCUT2D eigenvalue weighted by Crippen LogP contribution is -2.38. The highest BCUT2D eigenvalue weighted by Crippen LogP contribution is 2.27. The molecule has 0 unspecified atom stereocenters. The molecule has 0 aliphatic carbocycles. The molecule has 1 N–H and O–H groups in total. The Bertz CT molecular complexity index is 829. The first-order chi connectivity index (χ1) is 11.9. The van der Waals surface area contributed by atoms with E-state index in [4.69, 9.17) is 0 Å². The zero-order chi connectivity index (χ0) is 18.1. The fraction of sp³-hybridized carbons (Fsp3) is 0.300. The van der Waals surface area contributed by atoms with Gasteiger partial charge in [-0.05, 0) is 44.5 Å². The number of aryl methyl sites for hydroxylation is 1. The van der Waals surface area contributed by atoms with Crippen LogP contribution in [0.3, 0.4) is 0 Å². The molecule has 2 aliphatic heterocycles. The summed E-state index contributed by atoms with van der Waals surface area (Å²) in [7, 11) is 1.98. The summed E-state index contributed by atoms with van der Waals surface area (Å²) in [6.45, 7) is 6.30. The molecular weight excluding hydrogens is 314 g/mol. The van der Waals surface area contributed by atoms with Crippen LogP contribution in [0, 0.1) is 6.92 Å². The van der Waals surface area contributed by atoms with Crippen molar-refractivity contribution in [2.75, 3.05) is 18.9 Å². The first-order valence-electron chi connectivity index (χ1n) is 8.39. The van der Waals surface area contributed by atoms with Gasteiger partial charge < -0.3 is 15.1 Å². The van der Waals surface area contributed by atoms with Gasteiger partial charge in [0.2, 0.25) is 0 Å². The van der Waals surface area contributed by atoms with Crippen LogP contribution in [0.15, 0.2) is 53.5 Å². The maximum atomic E-state index is 13.0. The van der Waals surface area contributed by atoms with E-state index in [1.807, 2.05) is 57.1 Å². The maximum Gasteiger partial charge on any atom is 0.272 e. The number of carbonyl (C=O) groups excluding carboxylic acids is 2. The zero-order valence-electron chi connectivity index (χ0n) is 15.1. The van der Waals surface area contributed by atoms with Crippen LogP contribution in [0.1, 0.15) is 36.2 Å². The number of fused-ring (bicyclic) bond motifs is 2. The van der Waals surface area contributed by atoms with Crippen LogP contribution in [0.5, 0.6) is 0 Å². The number of amides is 2. The summed E-state index contributed by atoms with van der Waals surface area (Å²) in [5, 5.41) is 2.93. The molecule has 2 heterocycles. The summed E-state index contributed by atoms with van der Waals surface area (Å²) in [6, 6.07) is 5.43. The Hall–Kier alpha value is -2.82. The average molecular weight is 337 g/mol. The summed E-state index contributed by atoms with van der Waals surface area (Å²) in [4.78, 5) is 29.4. The summed E-state index contributed by atoms with van der Waals surface area (Å²) < 4.78 is 0. The standard InChI is InChI=1S/C20H23N3O2/c1-13(2)5-8-18-19(24)21-17-11-15(7-6-14(17)3)20(25)23(18)10-9-16-12-22(16)4/h5-8,11-12H,9-10H2,1-4H3,(H,21,24)/b18-8-. The number of nitrogens with zero attached hydrogens (tertiary/aromatic N) is 2. The third-order valence-corrected chi connectivity index (χ3v) is 4.40. The van der Waals surface area contributed by atoms with Crippen LogP contribution in [0.25, 0.3) is 0 Å². The quantitative estimate of drug-likeness (QED) is 0.857. The van der Waals surface area contributed by atoms with Gasteiger partial charge in [0, 0.05) is 43.2 Å². The number of allylic oxidation sites excluding steroid dienone is 3. The van der Waals surface area contributed by atoms with Crippen molar-refractivity contribution in [1.82, 2.24) is 9.80 Å². The van der Waals surface area contributed by atoms with Crippen LogP contribution in [-0.2, 0) is 4.79 Å². The topological polar surface area (TPSA) is 52.4 Å². The Morgan fingerprint density at radius 3 is 2.60 bits per heavy atom. The molecule has 130 valence electrons. The van der Waals surface area contributed by atoms with Crippen LogP contribution in [0.2, 0.25) is 0 Å². The van der Waals surface area contributed by atoms with Crippen LogP contribution in [0.4, 0.5) is 5.69 Å². The highest BCUT2D eigenvalue weighted by Gasteiger charge is 2.29. The molecule has 5 nitrogen and oxygen atoms in total. The molecule has 0 spiro atoms. The van der Waals surface area contributed by atoms with Gasteiger partial charge in [0.15, 0.2) is 0 Å². The molecule has 5 heteroatoms. The molecule has 1 aromatic rings. The van der Waals surface area contributed by atoms with E-state index in [-0.39, 0.29) is 11.8 Å². The molecule has 0 aromatic heterocycles. The molecule has 2 aliphatic rings. The second-order valence-corrected chi connectivity index (χ2v) is 6.72. The fourth-order valence-corrected chi connectivity index (χ4v) is 2.76. The van der Waals surface area contributed by atoms with E-state index in [9.17, 15) is 9.59 Å². The minimum Gasteiger partial charge on any atom is -0.351 e. The second-order valence-electron chi connectivity index (χ2n) is 6.72. The third-order valence-electron chi connectivity index (χ3n) is 4.40. The van der Waals surface area contributed by atoms with E-state index in [1.165, 1.54) is 5.70 Å². The van der Waals surface area contributed by atoms with Crippen molar-refractivity contribution in [3.63, 3.8) is 0 Å². The number of carbonyl (C=O) groups is 2. The number of nitrogens with one attached hydrogen (secondary N) is 1. The van der Waals surface area contributed by atoms with Crippen LogP contribution in [-0.4, -0.2) is 35.2 Å². The first-order valence-corrected chi connectivity index (χ1v) is 8.39. The maximum absolute atomic E-state index is 13.0. The average Bonchev–Trinajstić information content (AvgIpc) is 3.26. The van der Waals surface area contributed by atoms with Crippen molar-refractivity contribution in [3.05, 3.63) is 64.6 Å². The second kappa shape index (κ2) is 6.59. The Balaban J connectivity index is 2.00. The normalized spacial score (nSPS) is 17.8. The summed E-state index contributed by atoms with van der Waals surface area (Å²) in [5.74, 6) is -0.405. The van der Waals surface area contributed by atoms with E-state index in [1.54, 1.807) is 17.0 Å². The van der Waals surface area contributed by atoms with Crippen molar-refractivity contribution in [1.29, 1.82) is 0 Å². The van der Waals surface area contributed by atoms with Crippen molar-refractivity contribution >= 4 is 17.5 Å². The van der Waals surface area contributed by atoms with Crippen LogP contribution >= 0.6 is 0 Å². The van der Waals surface area contributed by atoms with Gasteiger partial charge in [0.05, 0.1) is 0 Å². The van der Waals surface area contributed by atoms with E-state index < -0.39 is 0 Å². The Morgan fingerprint density at radius 2 is 1.96 bits per heavy atom. The van der Waals surface area contributed by atoms with Crippen LogP contribution < -0.4 is 5.32 Å². The lowest BCUT2D eigenvalue weighted by Gasteiger charge is -2.27. The first kappa shape index (κ1) is 17.0. The van der Waals surface area contributed by atoms with E-state index in [2.05, 4.69) is 5.32 Å². The highest BCUT2D eigenvalue weighted by molar-refractivity contribution is 6.11. The predicted molar refractivity (Wildman–Crippen MR) is 98.8 cm³/mol. The summed E-state index contributed by atoms with van der Waals surface area (Å²) in [6.07, 6.45) is 6.34. The van der Waals surface area contributed by atoms with E-state index >= 15 is 0 Å². The zero-order valence-corrected chi connectivity index (χ0v) is 15.1. The number of rotatable bonds is 4. The molecule has 2 bridgehead atoms. The largest absolute Gasteiger partial charge is 0.351 e. The van der Waals surface area contributed by atoms with Gasteiger partial charge >= 0.3 is 0 Å². The number of benzene rings is 1. The van der Waals surface area contributed by atoms with Crippen molar-refractivity contribution in [3.8, 4) is 0 Å². The van der Waals surface area contributed by atoms with E-state index in [0.29, 0.717) is 23.5 Å². The van der Waals surface area contributed by atoms with Gasteiger partial charge in [-0.3, -0.25) is 9.59 Å². The molecule has 2 amide bonds. The third kappa shape index (κ3) is 3.65. The van der Waals surface area contributed by atoms with Crippen molar-refractivity contribution in [2.45, 2.75) is 27.2 Å². The minimum absolute atomic E-state index is 0.145. The molecule has 25 heavy (non-hydrogen) atoms. The molecule has 0 fully saturated rings. The van der Waals surface area contributed by atoms with Gasteiger partial charge in [-0.15, -0.1) is 0 Å². The van der Waals surface area contributed by atoms with Gasteiger partial charge in [-0.25, -0.2) is 0 Å². The lowest BCUT2D eigenvalue weighted by atomic mass is 10.1. The Kier molecular flexibility index (Phi) is 4.49. The fourth-order valence-electron chi connectivity index (χ4n) is 2.76. The number of hydrogen-bond acceptors (Lipinski definition) is 3. The monoisotopic (exact) mass is 337 g/mol. The van der Waals surface area contributed by atoms with Gasteiger partial charge in [0.1, 0.15) is 5.70 Å². The molecule has 3 rings (SSSR count). The van der Waals surface area contributed by atoms with Crippen molar-refractivity contribution < 1.29 is 9.59 Å². The number of hydrogen-bond donors (Lipinski definition) is 1. The molecular formula is C20H23N3O2. The SMILES string of the molecule is CC(C)=C/C=C1/C(=O)Nc2cc(ccc2C)C(=O)N1CCC1=CN1C. The van der Waals surface area contributed by atoms with Gasteiger partial charge in [0.25, 0.3) is 11.8 Å². The van der Waals surface area contributed by atoms with Crippen molar-refractivity contribution in [2.24, 2.45) is 0 Å². The van der Waals surface area contributed by atoms with Gasteiger partial charge in [-0.2, -0.15) is 0 Å². The predicted octanol–water partition coefficient (Wildman–Crippen LogP) is 3.42. The molecule has 0 saturated carbocycles. The highest BCUT2D eigenvalue weighted by atomic mass is 16.2. The molecule has 0 saturated heterocycles. The lowest BCUT2D eigenvalue weighted by molar-refractivity contribution is -0.114.